The first kappa shape index (κ1) is 11.7. The van der Waals surface area contributed by atoms with E-state index in [0.717, 1.165) is 24.8 Å². The Bertz CT molecular complexity index is 307. The highest BCUT2D eigenvalue weighted by Gasteiger charge is 2.11. The van der Waals surface area contributed by atoms with E-state index >= 15 is 0 Å². The van der Waals surface area contributed by atoms with E-state index in [1.165, 1.54) is 25.8 Å². The van der Waals surface area contributed by atoms with Gasteiger partial charge in [0.15, 0.2) is 0 Å². The third kappa shape index (κ3) is 3.65. The largest absolute Gasteiger partial charge is 0.370 e. The molecule has 1 atom stereocenters. The number of hydrogen-bond donors (Lipinski definition) is 2. The molecule has 16 heavy (non-hydrogen) atoms. The maximum absolute atomic E-state index is 5.77. The fourth-order valence-corrected chi connectivity index (χ4v) is 2.17. The van der Waals surface area contributed by atoms with Gasteiger partial charge in [0, 0.05) is 12.7 Å². The molecule has 2 N–H and O–H groups in total. The maximum atomic E-state index is 5.77. The summed E-state index contributed by atoms with van der Waals surface area (Å²) < 4.78 is 0. The van der Waals surface area contributed by atoms with Crippen LogP contribution < -0.4 is 10.6 Å². The van der Waals surface area contributed by atoms with Gasteiger partial charge in [-0.2, -0.15) is 0 Å². The van der Waals surface area contributed by atoms with Crippen molar-refractivity contribution in [3.05, 3.63) is 23.4 Å². The summed E-state index contributed by atoms with van der Waals surface area (Å²) in [5.41, 5.74) is 0. The van der Waals surface area contributed by atoms with Gasteiger partial charge < -0.3 is 10.6 Å². The first-order valence-electron chi connectivity index (χ1n) is 5.91. The van der Waals surface area contributed by atoms with E-state index in [2.05, 4.69) is 15.6 Å². The second-order valence-electron chi connectivity index (χ2n) is 4.29. The van der Waals surface area contributed by atoms with Crippen LogP contribution in [0, 0.1) is 5.92 Å². The Morgan fingerprint density at radius 2 is 2.44 bits per heavy atom. The minimum absolute atomic E-state index is 0.682. The minimum atomic E-state index is 0.682. The van der Waals surface area contributed by atoms with Crippen molar-refractivity contribution in [2.24, 2.45) is 5.92 Å². The summed E-state index contributed by atoms with van der Waals surface area (Å²) in [4.78, 5) is 4.20. The van der Waals surface area contributed by atoms with E-state index in [1.807, 2.05) is 12.1 Å². The Hall–Kier alpha value is -0.800. The van der Waals surface area contributed by atoms with Crippen molar-refractivity contribution in [3.63, 3.8) is 0 Å². The molecule has 0 aliphatic carbocycles. The molecule has 4 heteroatoms. The molecule has 1 aliphatic rings. The molecule has 0 spiro atoms. The Morgan fingerprint density at radius 3 is 3.12 bits per heavy atom. The summed E-state index contributed by atoms with van der Waals surface area (Å²) in [5, 5.41) is 7.43. The fourth-order valence-electron chi connectivity index (χ4n) is 2.06. The highest BCUT2D eigenvalue weighted by molar-refractivity contribution is 6.30. The molecule has 0 radical (unpaired) electrons. The van der Waals surface area contributed by atoms with Crippen LogP contribution in [0.4, 0.5) is 5.82 Å². The quantitative estimate of drug-likeness (QED) is 0.848. The molecule has 1 aliphatic heterocycles. The molecule has 2 rings (SSSR count). The molecule has 2 heterocycles. The highest BCUT2D eigenvalue weighted by Crippen LogP contribution is 2.14. The summed E-state index contributed by atoms with van der Waals surface area (Å²) in [6, 6.07) is 3.78. The van der Waals surface area contributed by atoms with E-state index < -0.39 is 0 Å². The van der Waals surface area contributed by atoms with Crippen LogP contribution in [0.3, 0.4) is 0 Å². The summed E-state index contributed by atoms with van der Waals surface area (Å²) in [5.74, 6) is 1.72. The van der Waals surface area contributed by atoms with Crippen molar-refractivity contribution < 1.29 is 0 Å². The van der Waals surface area contributed by atoms with Gasteiger partial charge in [-0.3, -0.25) is 0 Å². The molecule has 1 saturated heterocycles. The zero-order valence-corrected chi connectivity index (χ0v) is 10.1. The van der Waals surface area contributed by atoms with Crippen molar-refractivity contribution >= 4 is 17.4 Å². The van der Waals surface area contributed by atoms with Crippen LogP contribution >= 0.6 is 11.6 Å². The van der Waals surface area contributed by atoms with Crippen LogP contribution in [0.2, 0.25) is 5.02 Å². The molecule has 0 bridgehead atoms. The lowest BCUT2D eigenvalue weighted by Gasteiger charge is -2.22. The summed E-state index contributed by atoms with van der Waals surface area (Å²) in [6.45, 7) is 3.33. The van der Waals surface area contributed by atoms with Crippen molar-refractivity contribution in [2.45, 2.75) is 19.3 Å². The molecule has 88 valence electrons. The Morgan fingerprint density at radius 1 is 1.50 bits per heavy atom. The third-order valence-corrected chi connectivity index (χ3v) is 3.21. The van der Waals surface area contributed by atoms with E-state index in [-0.39, 0.29) is 0 Å². The molecular weight excluding hydrogens is 222 g/mol. The van der Waals surface area contributed by atoms with Crippen molar-refractivity contribution in [3.8, 4) is 0 Å². The average molecular weight is 240 g/mol. The smallest absolute Gasteiger partial charge is 0.125 e. The number of nitrogens with one attached hydrogen (secondary N) is 2. The molecule has 0 saturated carbocycles. The number of piperidine rings is 1. The summed E-state index contributed by atoms with van der Waals surface area (Å²) >= 11 is 5.77. The lowest BCUT2D eigenvalue weighted by atomic mass is 9.96. The van der Waals surface area contributed by atoms with Crippen LogP contribution in [0.1, 0.15) is 19.3 Å². The van der Waals surface area contributed by atoms with Crippen molar-refractivity contribution in [1.29, 1.82) is 0 Å². The fraction of sp³-hybridized carbons (Fsp3) is 0.583. The number of rotatable bonds is 4. The number of hydrogen-bond acceptors (Lipinski definition) is 3. The standard InChI is InChI=1S/C12H18ClN3/c13-11-3-4-12(16-9-11)15-7-5-10-2-1-6-14-8-10/h3-4,9-10,14H,1-2,5-8H2,(H,15,16). The minimum Gasteiger partial charge on any atom is -0.370 e. The van der Waals surface area contributed by atoms with Gasteiger partial charge in [-0.25, -0.2) is 4.98 Å². The van der Waals surface area contributed by atoms with Crippen molar-refractivity contribution in [1.82, 2.24) is 10.3 Å². The van der Waals surface area contributed by atoms with E-state index in [9.17, 15) is 0 Å². The average Bonchev–Trinajstić information content (AvgIpc) is 2.33. The molecule has 0 amide bonds. The molecular formula is C12H18ClN3. The van der Waals surface area contributed by atoms with Gasteiger partial charge in [-0.1, -0.05) is 11.6 Å². The lowest BCUT2D eigenvalue weighted by Crippen LogP contribution is -2.30. The lowest BCUT2D eigenvalue weighted by molar-refractivity contribution is 0.364. The number of nitrogens with zero attached hydrogens (tertiary/aromatic N) is 1. The Balaban J connectivity index is 1.69. The van der Waals surface area contributed by atoms with Gasteiger partial charge in [0.25, 0.3) is 0 Å². The zero-order valence-electron chi connectivity index (χ0n) is 9.38. The third-order valence-electron chi connectivity index (χ3n) is 2.99. The molecule has 0 aromatic carbocycles. The van der Waals surface area contributed by atoms with Gasteiger partial charge in [-0.15, -0.1) is 0 Å². The van der Waals surface area contributed by atoms with Crippen molar-refractivity contribution in [2.75, 3.05) is 25.0 Å². The van der Waals surface area contributed by atoms with Gasteiger partial charge in [-0.05, 0) is 50.4 Å². The second kappa shape index (κ2) is 6.06. The molecule has 1 aromatic heterocycles. The summed E-state index contributed by atoms with van der Waals surface area (Å²) in [7, 11) is 0. The zero-order chi connectivity index (χ0) is 11.2. The topological polar surface area (TPSA) is 37.0 Å². The first-order chi connectivity index (χ1) is 7.84. The molecule has 1 unspecified atom stereocenters. The number of anilines is 1. The van der Waals surface area contributed by atoms with Crippen LogP contribution in [0.5, 0.6) is 0 Å². The second-order valence-corrected chi connectivity index (χ2v) is 4.73. The molecule has 3 nitrogen and oxygen atoms in total. The number of halogens is 1. The van der Waals surface area contributed by atoms with Gasteiger partial charge >= 0.3 is 0 Å². The van der Waals surface area contributed by atoms with Crippen LogP contribution in [-0.2, 0) is 0 Å². The van der Waals surface area contributed by atoms with E-state index in [4.69, 9.17) is 11.6 Å². The first-order valence-corrected chi connectivity index (χ1v) is 6.28. The number of aromatic nitrogens is 1. The summed E-state index contributed by atoms with van der Waals surface area (Å²) in [6.07, 6.45) is 5.54. The predicted molar refractivity (Wildman–Crippen MR) is 67.9 cm³/mol. The monoisotopic (exact) mass is 239 g/mol. The van der Waals surface area contributed by atoms with E-state index in [0.29, 0.717) is 5.02 Å². The highest BCUT2D eigenvalue weighted by atomic mass is 35.5. The van der Waals surface area contributed by atoms with Gasteiger partial charge in [0.1, 0.15) is 5.82 Å². The molecule has 1 aromatic rings. The normalized spacial score (nSPS) is 20.7. The molecule has 1 fully saturated rings. The van der Waals surface area contributed by atoms with E-state index in [1.54, 1.807) is 6.20 Å². The SMILES string of the molecule is Clc1ccc(NCCC2CCCNC2)nc1. The van der Waals surface area contributed by atoms with Gasteiger partial charge in [0.2, 0.25) is 0 Å². The predicted octanol–water partition coefficient (Wildman–Crippen LogP) is 2.54. The Kier molecular flexibility index (Phi) is 4.43. The van der Waals surface area contributed by atoms with Crippen LogP contribution in [0.25, 0.3) is 0 Å². The van der Waals surface area contributed by atoms with Crippen LogP contribution in [0.15, 0.2) is 18.3 Å². The number of pyridine rings is 1. The van der Waals surface area contributed by atoms with Gasteiger partial charge in [0.05, 0.1) is 5.02 Å². The maximum Gasteiger partial charge on any atom is 0.125 e. The Labute approximate surface area is 102 Å². The van der Waals surface area contributed by atoms with Crippen LogP contribution in [-0.4, -0.2) is 24.6 Å².